The Hall–Kier alpha value is -3.20. The molecule has 0 unspecified atom stereocenters. The molecule has 0 aliphatic heterocycles. The Morgan fingerprint density at radius 3 is 2.32 bits per heavy atom. The van der Waals surface area contributed by atoms with Crippen LogP contribution in [0.5, 0.6) is 5.75 Å². The molecule has 0 saturated carbocycles. The van der Waals surface area contributed by atoms with Crippen molar-refractivity contribution >= 4 is 21.7 Å². The predicted molar refractivity (Wildman–Crippen MR) is 93.5 cm³/mol. The SMILES string of the molecule is COc1ccc(S(=O)(=O)Nc2cncc(-c3cnc(N)nc3)c2)cc1. The first-order chi connectivity index (χ1) is 12.0. The molecule has 9 heteroatoms. The number of pyridine rings is 1. The first kappa shape index (κ1) is 16.7. The van der Waals surface area contributed by atoms with E-state index in [0.29, 0.717) is 22.6 Å². The Labute approximate surface area is 144 Å². The zero-order chi connectivity index (χ0) is 17.9. The fourth-order valence-electron chi connectivity index (χ4n) is 2.11. The summed E-state index contributed by atoms with van der Waals surface area (Å²) in [6.45, 7) is 0. The molecule has 3 rings (SSSR count). The summed E-state index contributed by atoms with van der Waals surface area (Å²) in [5, 5.41) is 0. The van der Waals surface area contributed by atoms with Crippen LogP contribution >= 0.6 is 0 Å². The highest BCUT2D eigenvalue weighted by Crippen LogP contribution is 2.23. The van der Waals surface area contributed by atoms with Gasteiger partial charge in [-0.05, 0) is 30.3 Å². The van der Waals surface area contributed by atoms with Gasteiger partial charge in [0, 0.05) is 29.7 Å². The first-order valence-electron chi connectivity index (χ1n) is 7.18. The minimum absolute atomic E-state index is 0.120. The number of methoxy groups -OCH3 is 1. The summed E-state index contributed by atoms with van der Waals surface area (Å²) in [6.07, 6.45) is 6.09. The van der Waals surface area contributed by atoms with Crippen molar-refractivity contribution in [3.05, 3.63) is 55.1 Å². The molecule has 0 amide bonds. The molecule has 128 valence electrons. The van der Waals surface area contributed by atoms with Crippen molar-refractivity contribution in [2.24, 2.45) is 0 Å². The van der Waals surface area contributed by atoms with E-state index in [1.807, 2.05) is 0 Å². The number of nitrogen functional groups attached to an aromatic ring is 1. The van der Waals surface area contributed by atoms with E-state index in [9.17, 15) is 8.42 Å². The smallest absolute Gasteiger partial charge is 0.261 e. The van der Waals surface area contributed by atoms with Crippen molar-refractivity contribution in [1.29, 1.82) is 0 Å². The number of hydrogen-bond acceptors (Lipinski definition) is 7. The quantitative estimate of drug-likeness (QED) is 0.716. The minimum atomic E-state index is -3.74. The average Bonchev–Trinajstić information content (AvgIpc) is 2.62. The van der Waals surface area contributed by atoms with Crippen LogP contribution in [0.15, 0.2) is 60.0 Å². The monoisotopic (exact) mass is 357 g/mol. The Balaban J connectivity index is 1.86. The van der Waals surface area contributed by atoms with E-state index in [1.165, 1.54) is 25.4 Å². The molecule has 3 N–H and O–H groups in total. The second-order valence-corrected chi connectivity index (χ2v) is 6.76. The summed E-state index contributed by atoms with van der Waals surface area (Å²) in [5.41, 5.74) is 7.12. The molecule has 2 aromatic heterocycles. The molecule has 0 bridgehead atoms. The fraction of sp³-hybridized carbons (Fsp3) is 0.0625. The standard InChI is InChI=1S/C16H15N5O3S/c1-24-14-2-4-15(5-3-14)25(22,23)21-13-6-11(7-18-10-13)12-8-19-16(17)20-9-12/h2-10,21H,1H3,(H2,17,19,20). The van der Waals surface area contributed by atoms with Gasteiger partial charge in [-0.3, -0.25) is 9.71 Å². The highest BCUT2D eigenvalue weighted by atomic mass is 32.2. The molecular weight excluding hydrogens is 342 g/mol. The lowest BCUT2D eigenvalue weighted by Crippen LogP contribution is -2.13. The molecule has 0 spiro atoms. The molecule has 1 aromatic carbocycles. The van der Waals surface area contributed by atoms with Gasteiger partial charge in [0.25, 0.3) is 10.0 Å². The van der Waals surface area contributed by atoms with Gasteiger partial charge in [-0.1, -0.05) is 0 Å². The highest BCUT2D eigenvalue weighted by Gasteiger charge is 2.15. The lowest BCUT2D eigenvalue weighted by molar-refractivity contribution is 0.414. The summed E-state index contributed by atoms with van der Waals surface area (Å²) in [5.74, 6) is 0.735. The molecule has 0 saturated heterocycles. The van der Waals surface area contributed by atoms with E-state index in [1.54, 1.807) is 36.8 Å². The summed E-state index contributed by atoms with van der Waals surface area (Å²) in [4.78, 5) is 12.0. The van der Waals surface area contributed by atoms with Gasteiger partial charge in [-0.15, -0.1) is 0 Å². The molecule has 0 radical (unpaired) electrons. The second-order valence-electron chi connectivity index (χ2n) is 5.07. The van der Waals surface area contributed by atoms with Gasteiger partial charge in [0.15, 0.2) is 0 Å². The summed E-state index contributed by atoms with van der Waals surface area (Å²) in [7, 11) is -2.23. The summed E-state index contributed by atoms with van der Waals surface area (Å²) in [6, 6.07) is 7.73. The predicted octanol–water partition coefficient (Wildman–Crippen LogP) is 1.93. The molecule has 0 atom stereocenters. The van der Waals surface area contributed by atoms with E-state index in [2.05, 4.69) is 19.7 Å². The number of benzene rings is 1. The molecule has 2 heterocycles. The number of sulfonamides is 1. The number of aromatic nitrogens is 3. The number of ether oxygens (including phenoxy) is 1. The molecule has 8 nitrogen and oxygen atoms in total. The largest absolute Gasteiger partial charge is 0.497 e. The molecule has 0 fully saturated rings. The van der Waals surface area contributed by atoms with E-state index in [0.717, 1.165) is 0 Å². The number of rotatable bonds is 5. The van der Waals surface area contributed by atoms with Crippen molar-refractivity contribution in [2.45, 2.75) is 4.90 Å². The minimum Gasteiger partial charge on any atom is -0.497 e. The zero-order valence-corrected chi connectivity index (χ0v) is 14.1. The highest BCUT2D eigenvalue weighted by molar-refractivity contribution is 7.92. The number of nitrogens with two attached hydrogens (primary N) is 1. The van der Waals surface area contributed by atoms with Crippen LogP contribution in [0.2, 0.25) is 0 Å². The van der Waals surface area contributed by atoms with E-state index < -0.39 is 10.0 Å². The molecular formula is C16H15N5O3S. The van der Waals surface area contributed by atoms with Gasteiger partial charge in [-0.2, -0.15) is 0 Å². The van der Waals surface area contributed by atoms with Gasteiger partial charge in [0.05, 0.1) is 23.9 Å². The fourth-order valence-corrected chi connectivity index (χ4v) is 3.14. The van der Waals surface area contributed by atoms with Gasteiger partial charge < -0.3 is 10.5 Å². The van der Waals surface area contributed by atoms with Gasteiger partial charge in [0.2, 0.25) is 5.95 Å². The Morgan fingerprint density at radius 1 is 1.00 bits per heavy atom. The Bertz CT molecular complexity index is 973. The Morgan fingerprint density at radius 2 is 1.68 bits per heavy atom. The lowest BCUT2D eigenvalue weighted by atomic mass is 10.1. The summed E-state index contributed by atoms with van der Waals surface area (Å²) < 4.78 is 32.5. The number of hydrogen-bond donors (Lipinski definition) is 2. The molecule has 3 aromatic rings. The maximum Gasteiger partial charge on any atom is 0.261 e. The van der Waals surface area contributed by atoms with Gasteiger partial charge in [0.1, 0.15) is 5.75 Å². The lowest BCUT2D eigenvalue weighted by Gasteiger charge is -2.09. The molecule has 25 heavy (non-hydrogen) atoms. The van der Waals surface area contributed by atoms with Crippen LogP contribution in [0.4, 0.5) is 11.6 Å². The van der Waals surface area contributed by atoms with Crippen molar-refractivity contribution < 1.29 is 13.2 Å². The van der Waals surface area contributed by atoms with Crippen LogP contribution in [0.1, 0.15) is 0 Å². The molecule has 0 aliphatic carbocycles. The van der Waals surface area contributed by atoms with Crippen molar-refractivity contribution in [1.82, 2.24) is 15.0 Å². The van der Waals surface area contributed by atoms with Crippen LogP contribution in [0.3, 0.4) is 0 Å². The third-order valence-corrected chi connectivity index (χ3v) is 4.76. The van der Waals surface area contributed by atoms with Crippen molar-refractivity contribution in [3.8, 4) is 16.9 Å². The maximum absolute atomic E-state index is 12.5. The third-order valence-electron chi connectivity index (χ3n) is 3.37. The maximum atomic E-state index is 12.5. The van der Waals surface area contributed by atoms with Crippen molar-refractivity contribution in [2.75, 3.05) is 17.6 Å². The van der Waals surface area contributed by atoms with E-state index in [4.69, 9.17) is 10.5 Å². The molecule has 0 aliphatic rings. The van der Waals surface area contributed by atoms with Crippen LogP contribution in [-0.4, -0.2) is 30.5 Å². The van der Waals surface area contributed by atoms with Gasteiger partial charge in [-0.25, -0.2) is 18.4 Å². The summed E-state index contributed by atoms with van der Waals surface area (Å²) >= 11 is 0. The van der Waals surface area contributed by atoms with Crippen LogP contribution in [-0.2, 0) is 10.0 Å². The first-order valence-corrected chi connectivity index (χ1v) is 8.66. The second kappa shape index (κ2) is 6.73. The zero-order valence-electron chi connectivity index (χ0n) is 13.2. The van der Waals surface area contributed by atoms with Crippen LogP contribution in [0.25, 0.3) is 11.1 Å². The topological polar surface area (TPSA) is 120 Å². The Kier molecular flexibility index (Phi) is 4.48. The number of anilines is 2. The normalized spacial score (nSPS) is 11.1. The average molecular weight is 357 g/mol. The number of nitrogens with one attached hydrogen (secondary N) is 1. The third kappa shape index (κ3) is 3.83. The van der Waals surface area contributed by atoms with Crippen LogP contribution < -0.4 is 15.2 Å². The number of nitrogens with zero attached hydrogens (tertiary/aromatic N) is 3. The van der Waals surface area contributed by atoms with Crippen molar-refractivity contribution in [3.63, 3.8) is 0 Å². The van der Waals surface area contributed by atoms with Gasteiger partial charge >= 0.3 is 0 Å². The van der Waals surface area contributed by atoms with E-state index >= 15 is 0 Å². The van der Waals surface area contributed by atoms with Crippen LogP contribution in [0, 0.1) is 0 Å². The van der Waals surface area contributed by atoms with E-state index in [-0.39, 0.29) is 10.8 Å².